The fraction of sp³-hybridized carbons (Fsp3) is 0.538. The zero-order valence-electron chi connectivity index (χ0n) is 10.5. The largest absolute Gasteiger partial charge is 0.390 e. The summed E-state index contributed by atoms with van der Waals surface area (Å²) in [7, 11) is 0. The van der Waals surface area contributed by atoms with Crippen molar-refractivity contribution in [1.29, 1.82) is 0 Å². The van der Waals surface area contributed by atoms with Crippen molar-refractivity contribution in [2.24, 2.45) is 0 Å². The number of rotatable bonds is 5. The summed E-state index contributed by atoms with van der Waals surface area (Å²) in [5.41, 5.74) is 0.0705. The first-order chi connectivity index (χ1) is 9.06. The minimum absolute atomic E-state index is 0.0705. The van der Waals surface area contributed by atoms with Crippen molar-refractivity contribution in [1.82, 2.24) is 4.90 Å². The van der Waals surface area contributed by atoms with Crippen LogP contribution in [0.5, 0.6) is 0 Å². The van der Waals surface area contributed by atoms with Crippen LogP contribution in [0.4, 0.5) is 14.5 Å². The summed E-state index contributed by atoms with van der Waals surface area (Å²) in [6, 6.07) is 2.16. The van der Waals surface area contributed by atoms with Crippen LogP contribution in [0.25, 0.3) is 0 Å². The lowest BCUT2D eigenvalue weighted by Crippen LogP contribution is -2.34. The first-order valence-electron chi connectivity index (χ1n) is 6.35. The number of aliphatic hydroxyl groups is 1. The molecule has 0 radical (unpaired) electrons. The molecule has 1 aromatic rings. The van der Waals surface area contributed by atoms with Gasteiger partial charge in [0.05, 0.1) is 16.3 Å². The van der Waals surface area contributed by atoms with Crippen molar-refractivity contribution in [3.8, 4) is 0 Å². The molecule has 0 amide bonds. The van der Waals surface area contributed by atoms with E-state index in [-0.39, 0.29) is 16.7 Å². The summed E-state index contributed by atoms with van der Waals surface area (Å²) in [6.07, 6.45) is 1.73. The van der Waals surface area contributed by atoms with E-state index < -0.39 is 17.7 Å². The molecular formula is C13H17BrF2N2O. The molecule has 1 aromatic carbocycles. The highest BCUT2D eigenvalue weighted by molar-refractivity contribution is 9.10. The van der Waals surface area contributed by atoms with E-state index in [9.17, 15) is 13.9 Å². The van der Waals surface area contributed by atoms with Gasteiger partial charge in [0.15, 0.2) is 0 Å². The number of hydrogen-bond donors (Lipinski definition) is 2. The molecular weight excluding hydrogens is 318 g/mol. The van der Waals surface area contributed by atoms with Crippen molar-refractivity contribution in [2.45, 2.75) is 18.9 Å². The van der Waals surface area contributed by atoms with Crippen molar-refractivity contribution >= 4 is 21.6 Å². The Hall–Kier alpha value is -0.720. The molecule has 106 valence electrons. The third-order valence-electron chi connectivity index (χ3n) is 3.21. The Kier molecular flexibility index (Phi) is 5.13. The van der Waals surface area contributed by atoms with Crippen LogP contribution in [0.1, 0.15) is 12.8 Å². The van der Waals surface area contributed by atoms with Crippen molar-refractivity contribution < 1.29 is 13.9 Å². The lowest BCUT2D eigenvalue weighted by atomic mass is 10.2. The highest BCUT2D eigenvalue weighted by Crippen LogP contribution is 2.23. The number of anilines is 1. The Bertz CT molecular complexity index is 439. The highest BCUT2D eigenvalue weighted by atomic mass is 79.9. The summed E-state index contributed by atoms with van der Waals surface area (Å²) in [5, 5.41) is 12.6. The van der Waals surface area contributed by atoms with E-state index in [1.807, 2.05) is 0 Å². The number of β-amino-alcohol motifs (C(OH)–C–C–N with tert-alkyl or cyclic N) is 1. The van der Waals surface area contributed by atoms with Gasteiger partial charge in [-0.2, -0.15) is 0 Å². The smallest absolute Gasteiger partial charge is 0.147 e. The Labute approximate surface area is 119 Å². The third kappa shape index (κ3) is 4.12. The van der Waals surface area contributed by atoms with Gasteiger partial charge in [-0.05, 0) is 47.9 Å². The molecule has 0 saturated carbocycles. The minimum Gasteiger partial charge on any atom is -0.390 e. The zero-order valence-corrected chi connectivity index (χ0v) is 12.1. The van der Waals surface area contributed by atoms with Crippen molar-refractivity contribution in [3.63, 3.8) is 0 Å². The molecule has 1 unspecified atom stereocenters. The average Bonchev–Trinajstić information content (AvgIpc) is 2.85. The van der Waals surface area contributed by atoms with E-state index in [1.165, 1.54) is 0 Å². The van der Waals surface area contributed by atoms with Gasteiger partial charge in [-0.25, -0.2) is 8.78 Å². The van der Waals surface area contributed by atoms with Gasteiger partial charge in [0.25, 0.3) is 0 Å². The monoisotopic (exact) mass is 334 g/mol. The Morgan fingerprint density at radius 2 is 1.95 bits per heavy atom. The van der Waals surface area contributed by atoms with Gasteiger partial charge in [-0.1, -0.05) is 0 Å². The molecule has 1 heterocycles. The van der Waals surface area contributed by atoms with Crippen molar-refractivity contribution in [2.75, 3.05) is 31.5 Å². The van der Waals surface area contributed by atoms with Crippen LogP contribution in [0.3, 0.4) is 0 Å². The van der Waals surface area contributed by atoms with E-state index in [0.29, 0.717) is 6.54 Å². The van der Waals surface area contributed by atoms with Gasteiger partial charge in [0, 0.05) is 19.2 Å². The Balaban J connectivity index is 1.85. The third-order valence-corrected chi connectivity index (χ3v) is 3.81. The van der Waals surface area contributed by atoms with Gasteiger partial charge in [0.1, 0.15) is 11.6 Å². The Morgan fingerprint density at radius 3 is 2.63 bits per heavy atom. The highest BCUT2D eigenvalue weighted by Gasteiger charge is 2.16. The number of halogens is 3. The molecule has 1 atom stereocenters. The summed E-state index contributed by atoms with van der Waals surface area (Å²) >= 11 is 2.92. The maximum Gasteiger partial charge on any atom is 0.147 e. The maximum absolute atomic E-state index is 13.5. The van der Waals surface area contributed by atoms with Crippen LogP contribution in [-0.2, 0) is 0 Å². The van der Waals surface area contributed by atoms with E-state index in [1.54, 1.807) is 0 Å². The fourth-order valence-electron chi connectivity index (χ4n) is 2.21. The second-order valence-electron chi connectivity index (χ2n) is 4.79. The van der Waals surface area contributed by atoms with Gasteiger partial charge in [-0.15, -0.1) is 0 Å². The lowest BCUT2D eigenvalue weighted by molar-refractivity contribution is 0.135. The molecule has 1 aliphatic rings. The molecule has 0 aromatic heterocycles. The topological polar surface area (TPSA) is 35.5 Å². The fourth-order valence-corrected chi connectivity index (χ4v) is 2.53. The standard InChI is InChI=1S/C13H17BrF2N2O/c14-10-5-12(16)13(6-11(10)15)17-7-9(19)8-18-3-1-2-4-18/h5-6,9,17,19H,1-4,7-8H2. The van der Waals surface area contributed by atoms with E-state index in [4.69, 9.17) is 0 Å². The van der Waals surface area contributed by atoms with Gasteiger partial charge in [0.2, 0.25) is 0 Å². The maximum atomic E-state index is 13.5. The number of nitrogens with zero attached hydrogens (tertiary/aromatic N) is 1. The summed E-state index contributed by atoms with van der Waals surface area (Å²) in [6.45, 7) is 2.76. The summed E-state index contributed by atoms with van der Waals surface area (Å²) in [4.78, 5) is 2.17. The molecule has 19 heavy (non-hydrogen) atoms. The van der Waals surface area contributed by atoms with Crippen LogP contribution >= 0.6 is 15.9 Å². The molecule has 3 nitrogen and oxygen atoms in total. The number of nitrogens with one attached hydrogen (secondary N) is 1. The Morgan fingerprint density at radius 1 is 1.26 bits per heavy atom. The van der Waals surface area contributed by atoms with E-state index in [0.717, 1.165) is 38.1 Å². The number of hydrogen-bond acceptors (Lipinski definition) is 3. The first-order valence-corrected chi connectivity index (χ1v) is 7.14. The second-order valence-corrected chi connectivity index (χ2v) is 5.64. The van der Waals surface area contributed by atoms with Gasteiger partial charge >= 0.3 is 0 Å². The van der Waals surface area contributed by atoms with Crippen LogP contribution in [0.15, 0.2) is 16.6 Å². The zero-order chi connectivity index (χ0) is 13.8. The van der Waals surface area contributed by atoms with Crippen LogP contribution < -0.4 is 5.32 Å². The molecule has 6 heteroatoms. The molecule has 0 bridgehead atoms. The number of aliphatic hydroxyl groups excluding tert-OH is 1. The quantitative estimate of drug-likeness (QED) is 0.812. The number of benzene rings is 1. The predicted molar refractivity (Wildman–Crippen MR) is 74.2 cm³/mol. The predicted octanol–water partition coefficient (Wildman–Crippen LogP) is 2.60. The number of likely N-dealkylation sites (tertiary alicyclic amines) is 1. The SMILES string of the molecule is OC(CNc1cc(F)c(Br)cc1F)CN1CCCC1. The summed E-state index contributed by atoms with van der Waals surface area (Å²) in [5.74, 6) is -1.07. The van der Waals surface area contributed by atoms with Crippen molar-refractivity contribution in [3.05, 3.63) is 28.2 Å². The molecule has 0 spiro atoms. The molecule has 2 N–H and O–H groups in total. The van der Waals surface area contributed by atoms with Crippen LogP contribution in [0.2, 0.25) is 0 Å². The van der Waals surface area contributed by atoms with Crippen LogP contribution in [0, 0.1) is 11.6 Å². The average molecular weight is 335 g/mol. The van der Waals surface area contributed by atoms with E-state index in [2.05, 4.69) is 26.1 Å². The summed E-state index contributed by atoms with van der Waals surface area (Å²) < 4.78 is 26.9. The van der Waals surface area contributed by atoms with Gasteiger partial charge in [-0.3, -0.25) is 0 Å². The molecule has 0 aliphatic carbocycles. The first kappa shape index (κ1) is 14.7. The molecule has 2 rings (SSSR count). The second kappa shape index (κ2) is 6.63. The molecule has 1 aliphatic heterocycles. The lowest BCUT2D eigenvalue weighted by Gasteiger charge is -2.20. The minimum atomic E-state index is -0.593. The van der Waals surface area contributed by atoms with E-state index >= 15 is 0 Å². The van der Waals surface area contributed by atoms with Crippen LogP contribution in [-0.4, -0.2) is 42.3 Å². The molecule has 1 saturated heterocycles. The normalized spacial score (nSPS) is 17.7. The molecule has 1 fully saturated rings. The van der Waals surface area contributed by atoms with Gasteiger partial charge < -0.3 is 15.3 Å².